The second kappa shape index (κ2) is 5.96. The van der Waals surface area contributed by atoms with E-state index in [9.17, 15) is 0 Å². The molecule has 2 nitrogen and oxygen atoms in total. The predicted octanol–water partition coefficient (Wildman–Crippen LogP) is 3.14. The quantitative estimate of drug-likeness (QED) is 0.896. The van der Waals surface area contributed by atoms with E-state index < -0.39 is 0 Å². The van der Waals surface area contributed by atoms with Crippen molar-refractivity contribution in [3.8, 4) is 0 Å². The Bertz CT molecular complexity index is 419. The van der Waals surface area contributed by atoms with E-state index >= 15 is 0 Å². The topological polar surface area (TPSA) is 15.3 Å². The van der Waals surface area contributed by atoms with E-state index in [0.29, 0.717) is 0 Å². The Morgan fingerprint density at radius 2 is 1.95 bits per heavy atom. The summed E-state index contributed by atoms with van der Waals surface area (Å²) in [5, 5.41) is 3.59. The molecule has 1 fully saturated rings. The minimum absolute atomic E-state index is 0.737. The fraction of sp³-hybridized carbons (Fsp3) is 0.647. The fourth-order valence-electron chi connectivity index (χ4n) is 3.67. The van der Waals surface area contributed by atoms with Gasteiger partial charge in [-0.15, -0.1) is 0 Å². The number of nitrogens with one attached hydrogen (secondary N) is 1. The molecule has 0 saturated carbocycles. The minimum atomic E-state index is 0.737. The maximum atomic E-state index is 3.59. The molecule has 1 aliphatic carbocycles. The van der Waals surface area contributed by atoms with Crippen LogP contribution in [0.2, 0.25) is 0 Å². The van der Waals surface area contributed by atoms with Crippen molar-refractivity contribution in [2.45, 2.75) is 51.5 Å². The zero-order valence-electron chi connectivity index (χ0n) is 12.1. The normalized spacial score (nSPS) is 20.4. The molecule has 0 unspecified atom stereocenters. The first-order valence-electron chi connectivity index (χ1n) is 7.97. The molecule has 2 aliphatic rings. The first-order chi connectivity index (χ1) is 9.38. The smallest absolute Gasteiger partial charge is 0.0401 e. The van der Waals surface area contributed by atoms with E-state index in [0.717, 1.165) is 12.6 Å². The van der Waals surface area contributed by atoms with Crippen molar-refractivity contribution in [1.82, 2.24) is 5.32 Å². The van der Waals surface area contributed by atoms with E-state index in [1.54, 1.807) is 11.1 Å². The van der Waals surface area contributed by atoms with Crippen LogP contribution in [0.1, 0.15) is 43.7 Å². The van der Waals surface area contributed by atoms with E-state index in [1.165, 1.54) is 57.3 Å². The van der Waals surface area contributed by atoms with Crippen LogP contribution in [0.5, 0.6) is 0 Å². The summed E-state index contributed by atoms with van der Waals surface area (Å²) < 4.78 is 0. The molecular formula is C17H26N2. The van der Waals surface area contributed by atoms with E-state index in [-0.39, 0.29) is 0 Å². The molecule has 19 heavy (non-hydrogen) atoms. The summed E-state index contributed by atoms with van der Waals surface area (Å²) in [4.78, 5) is 2.62. The van der Waals surface area contributed by atoms with Gasteiger partial charge in [-0.2, -0.15) is 0 Å². The Morgan fingerprint density at radius 3 is 2.74 bits per heavy atom. The lowest BCUT2D eigenvalue weighted by molar-refractivity contribution is 0.423. The number of fused-ring (bicyclic) bond motifs is 1. The number of nitrogens with zero attached hydrogens (tertiary/aromatic N) is 1. The van der Waals surface area contributed by atoms with E-state index in [4.69, 9.17) is 0 Å². The van der Waals surface area contributed by atoms with Gasteiger partial charge in [0, 0.05) is 24.8 Å². The van der Waals surface area contributed by atoms with Gasteiger partial charge in [-0.3, -0.25) is 0 Å². The summed E-state index contributed by atoms with van der Waals surface area (Å²) in [6, 6.07) is 7.68. The zero-order valence-corrected chi connectivity index (χ0v) is 12.1. The van der Waals surface area contributed by atoms with Gasteiger partial charge in [0.05, 0.1) is 0 Å². The maximum absolute atomic E-state index is 3.59. The van der Waals surface area contributed by atoms with Crippen LogP contribution in [0.15, 0.2) is 18.2 Å². The van der Waals surface area contributed by atoms with Crippen molar-refractivity contribution in [3.05, 3.63) is 29.3 Å². The highest BCUT2D eigenvalue weighted by Crippen LogP contribution is 2.31. The van der Waals surface area contributed by atoms with Gasteiger partial charge in [0.1, 0.15) is 0 Å². The molecule has 104 valence electrons. The Kier molecular flexibility index (Phi) is 4.07. The van der Waals surface area contributed by atoms with Crippen molar-refractivity contribution in [3.63, 3.8) is 0 Å². The average Bonchev–Trinajstić information content (AvgIpc) is 2.48. The van der Waals surface area contributed by atoms with Crippen molar-refractivity contribution < 1.29 is 0 Å². The highest BCUT2D eigenvalue weighted by molar-refractivity contribution is 5.58. The number of benzene rings is 1. The SMILES string of the molecule is CCNC1CCN(c2cccc3c2CCCC3)CC1. The molecule has 1 aliphatic heterocycles. The Morgan fingerprint density at radius 1 is 1.16 bits per heavy atom. The summed E-state index contributed by atoms with van der Waals surface area (Å²) in [6.45, 7) is 5.74. The number of rotatable bonds is 3. The molecule has 2 heteroatoms. The van der Waals surface area contributed by atoms with Crippen molar-refractivity contribution >= 4 is 5.69 Å². The van der Waals surface area contributed by atoms with E-state index in [2.05, 4.69) is 35.3 Å². The minimum Gasteiger partial charge on any atom is -0.371 e. The molecule has 3 rings (SSSR count). The summed E-state index contributed by atoms with van der Waals surface area (Å²) >= 11 is 0. The number of hydrogen-bond acceptors (Lipinski definition) is 2. The molecule has 1 heterocycles. The van der Waals surface area contributed by atoms with Crippen LogP contribution in [-0.4, -0.2) is 25.7 Å². The van der Waals surface area contributed by atoms with Crippen LogP contribution in [0.25, 0.3) is 0 Å². The summed E-state index contributed by atoms with van der Waals surface area (Å²) in [5.74, 6) is 0. The van der Waals surface area contributed by atoms with Crippen molar-refractivity contribution in [1.29, 1.82) is 0 Å². The van der Waals surface area contributed by atoms with Gasteiger partial charge in [0.2, 0.25) is 0 Å². The summed E-state index contributed by atoms with van der Waals surface area (Å²) in [6.07, 6.45) is 7.90. The third-order valence-electron chi connectivity index (χ3n) is 4.70. The second-order valence-electron chi connectivity index (χ2n) is 5.94. The van der Waals surface area contributed by atoms with Gasteiger partial charge < -0.3 is 10.2 Å². The lowest BCUT2D eigenvalue weighted by atomic mass is 9.89. The largest absolute Gasteiger partial charge is 0.371 e. The van der Waals surface area contributed by atoms with Crippen LogP contribution in [-0.2, 0) is 12.8 Å². The number of hydrogen-bond donors (Lipinski definition) is 1. The maximum Gasteiger partial charge on any atom is 0.0401 e. The average molecular weight is 258 g/mol. The van der Waals surface area contributed by atoms with Gasteiger partial charge in [0.25, 0.3) is 0 Å². The van der Waals surface area contributed by atoms with Crippen molar-refractivity contribution in [2.24, 2.45) is 0 Å². The van der Waals surface area contributed by atoms with Crippen molar-refractivity contribution in [2.75, 3.05) is 24.5 Å². The number of piperidine rings is 1. The molecule has 1 saturated heterocycles. The third kappa shape index (κ3) is 2.79. The van der Waals surface area contributed by atoms with Crippen LogP contribution in [0, 0.1) is 0 Å². The molecule has 1 aromatic carbocycles. The van der Waals surface area contributed by atoms with Crippen LogP contribution < -0.4 is 10.2 Å². The van der Waals surface area contributed by atoms with E-state index in [1.807, 2.05) is 0 Å². The monoisotopic (exact) mass is 258 g/mol. The molecule has 0 atom stereocenters. The Labute approximate surface area is 117 Å². The molecule has 0 aromatic heterocycles. The Hall–Kier alpha value is -1.02. The zero-order chi connectivity index (χ0) is 13.1. The summed E-state index contributed by atoms with van der Waals surface area (Å²) in [7, 11) is 0. The van der Waals surface area contributed by atoms with Gasteiger partial charge >= 0.3 is 0 Å². The lowest BCUT2D eigenvalue weighted by Gasteiger charge is -2.36. The number of anilines is 1. The number of aryl methyl sites for hydroxylation is 1. The highest BCUT2D eigenvalue weighted by Gasteiger charge is 2.22. The lowest BCUT2D eigenvalue weighted by Crippen LogP contribution is -2.42. The van der Waals surface area contributed by atoms with Gasteiger partial charge in [-0.05, 0) is 62.3 Å². The molecule has 0 bridgehead atoms. The first kappa shape index (κ1) is 13.0. The Balaban J connectivity index is 1.73. The summed E-state index contributed by atoms with van der Waals surface area (Å²) in [5.41, 5.74) is 4.79. The van der Waals surface area contributed by atoms with Gasteiger partial charge in [0.15, 0.2) is 0 Å². The molecule has 1 aromatic rings. The molecule has 0 radical (unpaired) electrons. The third-order valence-corrected chi connectivity index (χ3v) is 4.70. The predicted molar refractivity (Wildman–Crippen MR) is 82.0 cm³/mol. The molecule has 0 spiro atoms. The molecule has 1 N–H and O–H groups in total. The van der Waals surface area contributed by atoms with Crippen LogP contribution >= 0.6 is 0 Å². The van der Waals surface area contributed by atoms with Crippen LogP contribution in [0.3, 0.4) is 0 Å². The molecule has 0 amide bonds. The van der Waals surface area contributed by atoms with Crippen LogP contribution in [0.4, 0.5) is 5.69 Å². The standard InChI is InChI=1S/C17H26N2/c1-2-18-15-10-12-19(13-11-15)17-9-5-7-14-6-3-4-8-16(14)17/h5,7,9,15,18H,2-4,6,8,10-13H2,1H3. The molecular weight excluding hydrogens is 232 g/mol. The van der Waals surface area contributed by atoms with Gasteiger partial charge in [-0.25, -0.2) is 0 Å². The fourth-order valence-corrected chi connectivity index (χ4v) is 3.67. The first-order valence-corrected chi connectivity index (χ1v) is 7.97. The second-order valence-corrected chi connectivity index (χ2v) is 5.94. The highest BCUT2D eigenvalue weighted by atomic mass is 15.1. The van der Waals surface area contributed by atoms with Gasteiger partial charge in [-0.1, -0.05) is 19.1 Å².